The number of carboxylic acids is 1. The summed E-state index contributed by atoms with van der Waals surface area (Å²) in [5, 5.41) is 23.0. The molecule has 1 aromatic heterocycles. The smallest absolute Gasteiger partial charge is 0.341 e. The molecule has 6 nitrogen and oxygen atoms in total. The minimum absolute atomic E-state index is 0.0205. The second kappa shape index (κ2) is 15.3. The first kappa shape index (κ1) is 33.1. The molecule has 5 rings (SSSR count). The van der Waals surface area contributed by atoms with E-state index in [0.29, 0.717) is 0 Å². The molecule has 1 heterocycles. The van der Waals surface area contributed by atoms with Crippen LogP contribution < -0.4 is 10.7 Å². The predicted molar refractivity (Wildman–Crippen MR) is 167 cm³/mol. The monoisotopic (exact) mass is 616 g/mol. The lowest BCUT2D eigenvalue weighted by Crippen LogP contribution is -2.40. The van der Waals surface area contributed by atoms with Crippen LogP contribution in [0.4, 0.5) is 8.78 Å². The fraction of sp³-hybridized carbons (Fsp3) is 0.529. The number of halogens is 3. The zero-order valence-corrected chi connectivity index (χ0v) is 25.8. The van der Waals surface area contributed by atoms with E-state index in [1.807, 2.05) is 13.8 Å². The molecule has 3 N–H and O–H groups in total. The zero-order chi connectivity index (χ0) is 31.1. The number of pyridine rings is 1. The first-order chi connectivity index (χ1) is 20.6. The van der Waals surface area contributed by atoms with E-state index >= 15 is 0 Å². The number of aliphatic hydroxyl groups excluding tert-OH is 1. The van der Waals surface area contributed by atoms with E-state index in [0.717, 1.165) is 24.3 Å². The predicted octanol–water partition coefficient (Wildman–Crippen LogP) is 7.65. The van der Waals surface area contributed by atoms with Crippen LogP contribution in [0.25, 0.3) is 10.9 Å². The van der Waals surface area contributed by atoms with Crippen LogP contribution in [0.15, 0.2) is 41.3 Å². The third-order valence-electron chi connectivity index (χ3n) is 8.84. The van der Waals surface area contributed by atoms with Crippen LogP contribution in [0, 0.1) is 17.6 Å². The molecule has 9 heteroatoms. The summed E-state index contributed by atoms with van der Waals surface area (Å²) in [5.74, 6) is -2.91. The lowest BCUT2D eigenvalue weighted by atomic mass is 9.91. The first-order valence-corrected chi connectivity index (χ1v) is 15.9. The van der Waals surface area contributed by atoms with Gasteiger partial charge in [0.15, 0.2) is 0 Å². The van der Waals surface area contributed by atoms with Crippen molar-refractivity contribution >= 4 is 28.5 Å². The van der Waals surface area contributed by atoms with Gasteiger partial charge in [0.2, 0.25) is 5.43 Å². The Balaban J connectivity index is 0.000000269. The van der Waals surface area contributed by atoms with Crippen molar-refractivity contribution in [2.24, 2.45) is 5.92 Å². The van der Waals surface area contributed by atoms with E-state index in [1.54, 1.807) is 0 Å². The maximum atomic E-state index is 14.9. The average molecular weight is 617 g/mol. The lowest BCUT2D eigenvalue weighted by molar-refractivity contribution is 0.0694. The Labute approximate surface area is 257 Å². The first-order valence-electron chi connectivity index (χ1n) is 15.5. The summed E-state index contributed by atoms with van der Waals surface area (Å²) in [6.07, 6.45) is 15.5. The number of benzene rings is 2. The molecule has 3 aromatic rings. The Morgan fingerprint density at radius 3 is 2.14 bits per heavy atom. The molecule has 1 atom stereocenters. The summed E-state index contributed by atoms with van der Waals surface area (Å²) < 4.78 is 30.6. The van der Waals surface area contributed by atoms with Crippen molar-refractivity contribution in [2.45, 2.75) is 103 Å². The van der Waals surface area contributed by atoms with Gasteiger partial charge < -0.3 is 20.1 Å². The van der Waals surface area contributed by atoms with Gasteiger partial charge >= 0.3 is 5.97 Å². The van der Waals surface area contributed by atoms with E-state index in [9.17, 15) is 28.6 Å². The van der Waals surface area contributed by atoms with Gasteiger partial charge in [-0.2, -0.15) is 0 Å². The maximum absolute atomic E-state index is 14.9. The largest absolute Gasteiger partial charge is 0.477 e. The normalized spacial score (nSPS) is 17.1. The fourth-order valence-electron chi connectivity index (χ4n) is 6.36. The van der Waals surface area contributed by atoms with Gasteiger partial charge in [-0.15, -0.1) is 0 Å². The summed E-state index contributed by atoms with van der Waals surface area (Å²) in [7, 11) is 0. The molecule has 0 saturated heterocycles. The highest BCUT2D eigenvalue weighted by Crippen LogP contribution is 2.28. The Kier molecular flexibility index (Phi) is 11.7. The fourth-order valence-corrected chi connectivity index (χ4v) is 6.55. The van der Waals surface area contributed by atoms with E-state index in [1.165, 1.54) is 93.0 Å². The molecule has 2 aromatic carbocycles. The number of hydrogen-bond donors (Lipinski definition) is 3. The molecule has 2 saturated carbocycles. The third-order valence-corrected chi connectivity index (χ3v) is 9.13. The SMILES string of the molecule is C1CCC(NC2CCCCC2)CC1.CC(C)[C@@H](CO)n1cc(C(=O)O)c(=O)c2cc(Cc3cccc(Cl)c3F)c(F)cc21. The van der Waals surface area contributed by atoms with Gasteiger partial charge in [0.1, 0.15) is 17.2 Å². The van der Waals surface area contributed by atoms with Crippen molar-refractivity contribution in [3.63, 3.8) is 0 Å². The number of fused-ring (bicyclic) bond motifs is 1. The topological polar surface area (TPSA) is 91.6 Å². The van der Waals surface area contributed by atoms with Crippen molar-refractivity contribution in [2.75, 3.05) is 6.61 Å². The zero-order valence-electron chi connectivity index (χ0n) is 25.1. The summed E-state index contributed by atoms with van der Waals surface area (Å²) in [6.45, 7) is 3.31. The molecular weight excluding hydrogens is 574 g/mol. The quantitative estimate of drug-likeness (QED) is 0.242. The van der Waals surface area contributed by atoms with E-state index in [-0.39, 0.29) is 46.0 Å². The van der Waals surface area contributed by atoms with Crippen molar-refractivity contribution in [1.29, 1.82) is 0 Å². The van der Waals surface area contributed by atoms with Gasteiger partial charge in [0.25, 0.3) is 0 Å². The van der Waals surface area contributed by atoms with Crippen molar-refractivity contribution in [3.8, 4) is 0 Å². The molecule has 0 bridgehead atoms. The Morgan fingerprint density at radius 2 is 1.60 bits per heavy atom. The molecular formula is C34H43ClF2N2O4. The number of carboxylic acid groups (broad SMARTS) is 1. The molecule has 2 fully saturated rings. The molecule has 0 aliphatic heterocycles. The van der Waals surface area contributed by atoms with Crippen LogP contribution >= 0.6 is 11.6 Å². The molecule has 0 unspecified atom stereocenters. The number of aromatic carboxylic acids is 1. The Morgan fingerprint density at radius 1 is 1.00 bits per heavy atom. The number of aliphatic hydroxyl groups is 1. The number of hydrogen-bond acceptors (Lipinski definition) is 4. The highest BCUT2D eigenvalue weighted by Gasteiger charge is 2.23. The maximum Gasteiger partial charge on any atom is 0.341 e. The highest BCUT2D eigenvalue weighted by atomic mass is 35.5. The van der Waals surface area contributed by atoms with Crippen LogP contribution in [-0.4, -0.2) is 39.4 Å². The minimum atomic E-state index is -1.43. The van der Waals surface area contributed by atoms with Gasteiger partial charge in [-0.25, -0.2) is 13.6 Å². The Bertz CT molecular complexity index is 1450. The molecule has 0 radical (unpaired) electrons. The van der Waals surface area contributed by atoms with Crippen LogP contribution in [0.1, 0.15) is 106 Å². The molecule has 234 valence electrons. The highest BCUT2D eigenvalue weighted by molar-refractivity contribution is 6.30. The van der Waals surface area contributed by atoms with E-state index in [2.05, 4.69) is 5.32 Å². The van der Waals surface area contributed by atoms with E-state index in [4.69, 9.17) is 11.6 Å². The van der Waals surface area contributed by atoms with Crippen molar-refractivity contribution in [3.05, 3.63) is 80.1 Å². The minimum Gasteiger partial charge on any atom is -0.477 e. The van der Waals surface area contributed by atoms with Crippen molar-refractivity contribution < 1.29 is 23.8 Å². The number of nitrogens with one attached hydrogen (secondary N) is 1. The number of nitrogens with zero attached hydrogens (tertiary/aromatic N) is 1. The summed E-state index contributed by atoms with van der Waals surface area (Å²) >= 11 is 5.79. The van der Waals surface area contributed by atoms with Crippen LogP contribution in [0.3, 0.4) is 0 Å². The number of rotatable bonds is 8. The van der Waals surface area contributed by atoms with Gasteiger partial charge in [-0.1, -0.05) is 76.1 Å². The summed E-state index contributed by atoms with van der Waals surface area (Å²) in [4.78, 5) is 24.4. The molecule has 43 heavy (non-hydrogen) atoms. The number of aromatic nitrogens is 1. The Hall–Kier alpha value is -2.81. The van der Waals surface area contributed by atoms with Gasteiger partial charge in [-0.05, 0) is 60.9 Å². The molecule has 2 aliphatic rings. The van der Waals surface area contributed by atoms with Crippen LogP contribution in [0.2, 0.25) is 5.02 Å². The molecule has 0 amide bonds. The second-order valence-electron chi connectivity index (χ2n) is 12.3. The standard InChI is InChI=1S/C22H20ClF2NO4.C12H23N/c1-11(2)19(10-27)26-9-15(22(29)30)21(28)14-7-13(17(24)8-18(14)26)6-12-4-3-5-16(23)20(12)25;1-3-7-11(8-4-1)13-12-9-5-2-6-10-12/h3-5,7-9,11,19,27H,6,10H2,1-2H3,(H,29,30);11-13H,1-10H2/t19-;/m1./s1. The molecule has 2 aliphatic carbocycles. The van der Waals surface area contributed by atoms with E-state index < -0.39 is 34.6 Å². The van der Waals surface area contributed by atoms with Gasteiger partial charge in [0.05, 0.1) is 23.2 Å². The summed E-state index contributed by atoms with van der Waals surface area (Å²) in [6, 6.07) is 7.89. The van der Waals surface area contributed by atoms with Crippen LogP contribution in [-0.2, 0) is 6.42 Å². The van der Waals surface area contributed by atoms with Gasteiger partial charge in [-0.3, -0.25) is 4.79 Å². The van der Waals surface area contributed by atoms with Gasteiger partial charge in [0, 0.05) is 30.1 Å². The average Bonchev–Trinajstić information content (AvgIpc) is 2.98. The third kappa shape index (κ3) is 8.22. The van der Waals surface area contributed by atoms with Crippen LogP contribution in [0.5, 0.6) is 0 Å². The van der Waals surface area contributed by atoms with Crippen molar-refractivity contribution in [1.82, 2.24) is 9.88 Å². The molecule has 0 spiro atoms. The second-order valence-corrected chi connectivity index (χ2v) is 12.7. The number of carbonyl (C=O) groups is 1. The lowest BCUT2D eigenvalue weighted by Gasteiger charge is -2.30. The summed E-state index contributed by atoms with van der Waals surface area (Å²) in [5.41, 5.74) is -0.938.